The summed E-state index contributed by atoms with van der Waals surface area (Å²) >= 11 is 0. The highest BCUT2D eigenvalue weighted by atomic mass is 16.5. The van der Waals surface area contributed by atoms with Gasteiger partial charge < -0.3 is 9.84 Å². The molecule has 19 heavy (non-hydrogen) atoms. The standard InChI is InChI=1S/C17H20O2/c1-12-5-4-6-13(2)17(12)11-19-16-9-7-15(8-10-16)14(3)18/h4-10,14,18H,11H2,1-3H3/t14-/m1/s1. The molecule has 2 aromatic rings. The van der Waals surface area contributed by atoms with Crippen LogP contribution in [0.25, 0.3) is 0 Å². The van der Waals surface area contributed by atoms with Crippen LogP contribution in [0.1, 0.15) is 35.3 Å². The topological polar surface area (TPSA) is 29.5 Å². The summed E-state index contributed by atoms with van der Waals surface area (Å²) in [7, 11) is 0. The average Bonchev–Trinajstić information content (AvgIpc) is 2.38. The van der Waals surface area contributed by atoms with Crippen LogP contribution in [-0.2, 0) is 6.61 Å². The molecule has 0 spiro atoms. The molecule has 0 aliphatic carbocycles. The lowest BCUT2D eigenvalue weighted by molar-refractivity contribution is 0.199. The number of aliphatic hydroxyl groups is 1. The Kier molecular flexibility index (Phi) is 4.23. The Hall–Kier alpha value is -1.80. The second-order valence-electron chi connectivity index (χ2n) is 4.90. The molecule has 100 valence electrons. The molecule has 2 heteroatoms. The van der Waals surface area contributed by atoms with Crippen molar-refractivity contribution in [1.29, 1.82) is 0 Å². The minimum absolute atomic E-state index is 0.437. The number of hydrogen-bond acceptors (Lipinski definition) is 2. The van der Waals surface area contributed by atoms with Gasteiger partial charge in [-0.2, -0.15) is 0 Å². The third-order valence-electron chi connectivity index (χ3n) is 3.39. The van der Waals surface area contributed by atoms with Crippen LogP contribution in [0.15, 0.2) is 42.5 Å². The Bertz CT molecular complexity index is 521. The first kappa shape index (κ1) is 13.6. The van der Waals surface area contributed by atoms with E-state index in [9.17, 15) is 5.11 Å². The Balaban J connectivity index is 2.06. The highest BCUT2D eigenvalue weighted by Gasteiger charge is 2.04. The quantitative estimate of drug-likeness (QED) is 0.898. The van der Waals surface area contributed by atoms with Gasteiger partial charge in [-0.05, 0) is 55.2 Å². The fourth-order valence-corrected chi connectivity index (χ4v) is 2.07. The fraction of sp³-hybridized carbons (Fsp3) is 0.294. The minimum Gasteiger partial charge on any atom is -0.489 e. The summed E-state index contributed by atoms with van der Waals surface area (Å²) in [6, 6.07) is 13.8. The first-order valence-corrected chi connectivity index (χ1v) is 6.54. The van der Waals surface area contributed by atoms with Crippen molar-refractivity contribution >= 4 is 0 Å². The SMILES string of the molecule is Cc1cccc(C)c1COc1ccc([C@@H](C)O)cc1. The second kappa shape index (κ2) is 5.89. The van der Waals surface area contributed by atoms with E-state index in [4.69, 9.17) is 4.74 Å². The predicted octanol–water partition coefficient (Wildman–Crippen LogP) is 3.94. The number of hydrogen-bond donors (Lipinski definition) is 1. The molecule has 0 aromatic heterocycles. The first-order chi connectivity index (χ1) is 9.08. The zero-order valence-corrected chi connectivity index (χ0v) is 11.7. The van der Waals surface area contributed by atoms with E-state index in [1.165, 1.54) is 16.7 Å². The van der Waals surface area contributed by atoms with Gasteiger partial charge in [0.15, 0.2) is 0 Å². The summed E-state index contributed by atoms with van der Waals surface area (Å²) in [6.45, 7) is 6.53. The Labute approximate surface area is 114 Å². The van der Waals surface area contributed by atoms with E-state index in [0.29, 0.717) is 6.61 Å². The molecule has 0 saturated heterocycles. The van der Waals surface area contributed by atoms with Crippen LogP contribution in [0.5, 0.6) is 5.75 Å². The average molecular weight is 256 g/mol. The number of aryl methyl sites for hydroxylation is 2. The molecule has 2 aromatic carbocycles. The summed E-state index contributed by atoms with van der Waals surface area (Å²) < 4.78 is 5.81. The van der Waals surface area contributed by atoms with E-state index in [2.05, 4.69) is 32.0 Å². The Morgan fingerprint density at radius 3 is 2.11 bits per heavy atom. The molecular formula is C17H20O2. The van der Waals surface area contributed by atoms with Crippen molar-refractivity contribution in [2.24, 2.45) is 0 Å². The van der Waals surface area contributed by atoms with Crippen LogP contribution in [-0.4, -0.2) is 5.11 Å². The molecule has 2 rings (SSSR count). The number of rotatable bonds is 4. The maximum absolute atomic E-state index is 9.45. The minimum atomic E-state index is -0.437. The molecule has 1 N–H and O–H groups in total. The van der Waals surface area contributed by atoms with Crippen LogP contribution < -0.4 is 4.74 Å². The predicted molar refractivity (Wildman–Crippen MR) is 77.3 cm³/mol. The van der Waals surface area contributed by atoms with Gasteiger partial charge in [0.25, 0.3) is 0 Å². The summed E-state index contributed by atoms with van der Waals surface area (Å²) in [5, 5.41) is 9.45. The van der Waals surface area contributed by atoms with Crippen molar-refractivity contribution in [3.8, 4) is 5.75 Å². The van der Waals surface area contributed by atoms with Crippen LogP contribution in [0.2, 0.25) is 0 Å². The van der Waals surface area contributed by atoms with E-state index in [1.807, 2.05) is 24.3 Å². The fourth-order valence-electron chi connectivity index (χ4n) is 2.07. The van der Waals surface area contributed by atoms with E-state index in [-0.39, 0.29) is 0 Å². The van der Waals surface area contributed by atoms with E-state index in [0.717, 1.165) is 11.3 Å². The van der Waals surface area contributed by atoms with E-state index < -0.39 is 6.10 Å². The molecule has 0 radical (unpaired) electrons. The number of benzene rings is 2. The lowest BCUT2D eigenvalue weighted by atomic mass is 10.0. The smallest absolute Gasteiger partial charge is 0.119 e. The van der Waals surface area contributed by atoms with Gasteiger partial charge in [0.1, 0.15) is 12.4 Å². The van der Waals surface area contributed by atoms with E-state index >= 15 is 0 Å². The van der Waals surface area contributed by atoms with Gasteiger partial charge in [0.05, 0.1) is 6.10 Å². The molecular weight excluding hydrogens is 236 g/mol. The highest BCUT2D eigenvalue weighted by molar-refractivity contribution is 5.34. The summed E-state index contributed by atoms with van der Waals surface area (Å²) in [6.07, 6.45) is -0.437. The van der Waals surface area contributed by atoms with Crippen molar-refractivity contribution in [3.05, 3.63) is 64.7 Å². The monoisotopic (exact) mass is 256 g/mol. The van der Waals surface area contributed by atoms with Crippen LogP contribution in [0.4, 0.5) is 0 Å². The molecule has 1 atom stereocenters. The normalized spacial score (nSPS) is 12.2. The maximum atomic E-state index is 9.45. The third-order valence-corrected chi connectivity index (χ3v) is 3.39. The van der Waals surface area contributed by atoms with Gasteiger partial charge in [0.2, 0.25) is 0 Å². The molecule has 0 fully saturated rings. The van der Waals surface area contributed by atoms with Crippen LogP contribution >= 0.6 is 0 Å². The van der Waals surface area contributed by atoms with Gasteiger partial charge in [-0.1, -0.05) is 30.3 Å². The largest absolute Gasteiger partial charge is 0.489 e. The summed E-state index contributed by atoms with van der Waals surface area (Å²) in [5.41, 5.74) is 4.64. The zero-order valence-electron chi connectivity index (χ0n) is 11.7. The molecule has 0 unspecified atom stereocenters. The van der Waals surface area contributed by atoms with Crippen molar-refractivity contribution in [2.75, 3.05) is 0 Å². The van der Waals surface area contributed by atoms with Gasteiger partial charge >= 0.3 is 0 Å². The summed E-state index contributed by atoms with van der Waals surface area (Å²) in [5.74, 6) is 0.826. The van der Waals surface area contributed by atoms with Gasteiger partial charge in [-0.25, -0.2) is 0 Å². The summed E-state index contributed by atoms with van der Waals surface area (Å²) in [4.78, 5) is 0. The lowest BCUT2D eigenvalue weighted by Gasteiger charge is -2.12. The molecule has 0 bridgehead atoms. The molecule has 0 saturated carbocycles. The van der Waals surface area contributed by atoms with Crippen molar-refractivity contribution in [1.82, 2.24) is 0 Å². The molecule has 0 aliphatic rings. The zero-order chi connectivity index (χ0) is 13.8. The van der Waals surface area contributed by atoms with Crippen molar-refractivity contribution in [3.63, 3.8) is 0 Å². The van der Waals surface area contributed by atoms with Crippen LogP contribution in [0.3, 0.4) is 0 Å². The molecule has 2 nitrogen and oxygen atoms in total. The number of aliphatic hydroxyl groups excluding tert-OH is 1. The van der Waals surface area contributed by atoms with Gasteiger partial charge in [0, 0.05) is 0 Å². The van der Waals surface area contributed by atoms with Gasteiger partial charge in [-0.15, -0.1) is 0 Å². The van der Waals surface area contributed by atoms with Crippen molar-refractivity contribution in [2.45, 2.75) is 33.5 Å². The first-order valence-electron chi connectivity index (χ1n) is 6.54. The van der Waals surface area contributed by atoms with Gasteiger partial charge in [-0.3, -0.25) is 0 Å². The Morgan fingerprint density at radius 1 is 1.00 bits per heavy atom. The Morgan fingerprint density at radius 2 is 1.58 bits per heavy atom. The van der Waals surface area contributed by atoms with Crippen molar-refractivity contribution < 1.29 is 9.84 Å². The van der Waals surface area contributed by atoms with E-state index in [1.54, 1.807) is 6.92 Å². The highest BCUT2D eigenvalue weighted by Crippen LogP contribution is 2.20. The lowest BCUT2D eigenvalue weighted by Crippen LogP contribution is -2.00. The number of ether oxygens (including phenoxy) is 1. The third kappa shape index (κ3) is 3.36. The molecule has 0 amide bonds. The molecule has 0 heterocycles. The van der Waals surface area contributed by atoms with Crippen LogP contribution in [0, 0.1) is 13.8 Å². The maximum Gasteiger partial charge on any atom is 0.119 e. The second-order valence-corrected chi connectivity index (χ2v) is 4.90. The molecule has 0 aliphatic heterocycles.